The van der Waals surface area contributed by atoms with Gasteiger partial charge in [0.15, 0.2) is 5.78 Å². The molecule has 1 aliphatic carbocycles. The molecule has 0 saturated carbocycles. The highest BCUT2D eigenvalue weighted by Gasteiger charge is 2.41. The number of methoxy groups -OCH3 is 1. The van der Waals surface area contributed by atoms with Crippen LogP contribution in [-0.4, -0.2) is 25.5 Å². The van der Waals surface area contributed by atoms with E-state index in [0.29, 0.717) is 30.6 Å². The quantitative estimate of drug-likeness (QED) is 0.610. The predicted octanol–water partition coefficient (Wildman–Crippen LogP) is 5.32. The maximum Gasteiger partial charge on any atom is 0.336 e. The Morgan fingerprint density at radius 3 is 2.61 bits per heavy atom. The Labute approximate surface area is 195 Å². The van der Waals surface area contributed by atoms with Crippen LogP contribution in [0.5, 0.6) is 5.75 Å². The lowest BCUT2D eigenvalue weighted by atomic mass is 9.71. The third-order valence-electron chi connectivity index (χ3n) is 6.44. The number of carbonyl (C=O) groups is 2. The zero-order valence-electron chi connectivity index (χ0n) is 19.7. The summed E-state index contributed by atoms with van der Waals surface area (Å²) in [5, 5.41) is 3.40. The Kier molecular flexibility index (Phi) is 6.68. The van der Waals surface area contributed by atoms with Crippen molar-refractivity contribution in [3.63, 3.8) is 0 Å². The molecule has 1 heterocycles. The second-order valence-corrected chi connectivity index (χ2v) is 8.81. The monoisotopic (exact) mass is 445 g/mol. The van der Waals surface area contributed by atoms with E-state index in [1.807, 2.05) is 63.2 Å². The summed E-state index contributed by atoms with van der Waals surface area (Å²) >= 11 is 0. The van der Waals surface area contributed by atoms with Crippen LogP contribution in [0.3, 0.4) is 0 Å². The van der Waals surface area contributed by atoms with Crippen LogP contribution in [0.4, 0.5) is 0 Å². The van der Waals surface area contributed by atoms with E-state index in [1.165, 1.54) is 0 Å². The molecule has 1 aliphatic heterocycles. The minimum atomic E-state index is -0.434. The first-order valence-electron chi connectivity index (χ1n) is 11.5. The zero-order valence-corrected chi connectivity index (χ0v) is 19.7. The van der Waals surface area contributed by atoms with Crippen molar-refractivity contribution in [2.45, 2.75) is 51.9 Å². The molecule has 33 heavy (non-hydrogen) atoms. The number of Topliss-reactive ketones (excluding diaryl/α,β-unsaturated/α-hetero) is 1. The SMILES string of the molecule is CCCOC(=O)C1=C(C)NC2=C(C(=O)CC(c3ccccc3OC)C2)C1c1cccc(C)c1. The summed E-state index contributed by atoms with van der Waals surface area (Å²) in [6, 6.07) is 15.9. The van der Waals surface area contributed by atoms with Gasteiger partial charge in [0.2, 0.25) is 0 Å². The van der Waals surface area contributed by atoms with Crippen LogP contribution in [0.2, 0.25) is 0 Å². The van der Waals surface area contributed by atoms with Gasteiger partial charge in [0.05, 0.1) is 19.3 Å². The molecule has 4 rings (SSSR count). The molecule has 2 aliphatic rings. The van der Waals surface area contributed by atoms with Crippen molar-refractivity contribution >= 4 is 11.8 Å². The van der Waals surface area contributed by atoms with Gasteiger partial charge < -0.3 is 14.8 Å². The van der Waals surface area contributed by atoms with E-state index < -0.39 is 5.92 Å². The average molecular weight is 446 g/mol. The number of carbonyl (C=O) groups excluding carboxylic acids is 2. The first-order valence-corrected chi connectivity index (χ1v) is 11.5. The Hall–Kier alpha value is -3.34. The molecule has 0 amide bonds. The minimum absolute atomic E-state index is 0.0134. The zero-order chi connectivity index (χ0) is 23.5. The molecule has 2 unspecified atom stereocenters. The van der Waals surface area contributed by atoms with E-state index in [-0.39, 0.29) is 17.7 Å². The molecular formula is C28H31NO4. The highest BCUT2D eigenvalue weighted by Crippen LogP contribution is 2.46. The molecular weight excluding hydrogens is 414 g/mol. The Morgan fingerprint density at radius 2 is 1.88 bits per heavy atom. The van der Waals surface area contributed by atoms with Gasteiger partial charge in [-0.2, -0.15) is 0 Å². The number of nitrogens with one attached hydrogen (secondary N) is 1. The van der Waals surface area contributed by atoms with Crippen molar-refractivity contribution in [2.75, 3.05) is 13.7 Å². The number of benzene rings is 2. The number of ketones is 1. The highest BCUT2D eigenvalue weighted by atomic mass is 16.5. The van der Waals surface area contributed by atoms with Crippen molar-refractivity contribution in [3.8, 4) is 5.75 Å². The fourth-order valence-electron chi connectivity index (χ4n) is 4.99. The molecule has 0 fully saturated rings. The summed E-state index contributed by atoms with van der Waals surface area (Å²) in [4.78, 5) is 26.8. The van der Waals surface area contributed by atoms with Gasteiger partial charge in [-0.3, -0.25) is 4.79 Å². The first kappa shape index (κ1) is 22.8. The van der Waals surface area contributed by atoms with Crippen molar-refractivity contribution in [2.24, 2.45) is 0 Å². The van der Waals surface area contributed by atoms with Crippen LogP contribution in [0.15, 0.2) is 71.1 Å². The van der Waals surface area contributed by atoms with E-state index >= 15 is 0 Å². The number of dihydropyridines is 1. The van der Waals surface area contributed by atoms with Gasteiger partial charge in [-0.15, -0.1) is 0 Å². The fraction of sp³-hybridized carbons (Fsp3) is 0.357. The third-order valence-corrected chi connectivity index (χ3v) is 6.44. The lowest BCUT2D eigenvalue weighted by molar-refractivity contribution is -0.139. The molecule has 0 saturated heterocycles. The van der Waals surface area contributed by atoms with E-state index in [2.05, 4.69) is 11.4 Å². The van der Waals surface area contributed by atoms with Gasteiger partial charge in [0.1, 0.15) is 5.75 Å². The molecule has 5 heteroatoms. The molecule has 0 spiro atoms. The standard InChI is InChI=1S/C28H31NO4/c1-5-13-33-28(31)25-18(3)29-22-15-20(21-11-6-7-12-24(21)32-4)16-23(30)27(22)26(25)19-10-8-9-17(2)14-19/h6-12,14,20,26,29H,5,13,15-16H2,1-4H3. The maximum atomic E-state index is 13.7. The van der Waals surface area contributed by atoms with Crippen molar-refractivity contribution in [1.29, 1.82) is 0 Å². The van der Waals surface area contributed by atoms with E-state index in [4.69, 9.17) is 9.47 Å². The lowest BCUT2D eigenvalue weighted by Gasteiger charge is -2.37. The molecule has 2 aromatic rings. The number of aryl methyl sites for hydroxylation is 1. The van der Waals surface area contributed by atoms with Crippen molar-refractivity contribution in [3.05, 3.63) is 87.8 Å². The molecule has 0 aromatic heterocycles. The number of rotatable bonds is 6. The second kappa shape index (κ2) is 9.65. The first-order chi connectivity index (χ1) is 15.9. The average Bonchev–Trinajstić information content (AvgIpc) is 2.81. The van der Waals surface area contributed by atoms with Crippen LogP contribution in [-0.2, 0) is 14.3 Å². The Balaban J connectivity index is 1.79. The number of hydrogen-bond donors (Lipinski definition) is 1. The van der Waals surface area contributed by atoms with Gasteiger partial charge >= 0.3 is 5.97 Å². The molecule has 172 valence electrons. The van der Waals surface area contributed by atoms with Gasteiger partial charge in [-0.05, 0) is 43.9 Å². The summed E-state index contributed by atoms with van der Waals surface area (Å²) in [6.07, 6.45) is 1.80. The topological polar surface area (TPSA) is 64.6 Å². The third kappa shape index (κ3) is 4.45. The Morgan fingerprint density at radius 1 is 1.09 bits per heavy atom. The summed E-state index contributed by atoms with van der Waals surface area (Å²) < 4.78 is 11.1. The maximum absolute atomic E-state index is 13.7. The lowest BCUT2D eigenvalue weighted by Crippen LogP contribution is -2.36. The molecule has 0 bridgehead atoms. The molecule has 2 aromatic carbocycles. The summed E-state index contributed by atoms with van der Waals surface area (Å²) in [5.74, 6) is 0.0663. The molecule has 2 atom stereocenters. The minimum Gasteiger partial charge on any atom is -0.496 e. The highest BCUT2D eigenvalue weighted by molar-refractivity contribution is 6.04. The fourth-order valence-corrected chi connectivity index (χ4v) is 4.99. The number of allylic oxidation sites excluding steroid dienone is 3. The van der Waals surface area contributed by atoms with Crippen LogP contribution in [0, 0.1) is 6.92 Å². The van der Waals surface area contributed by atoms with E-state index in [9.17, 15) is 9.59 Å². The van der Waals surface area contributed by atoms with Gasteiger partial charge in [-0.25, -0.2) is 4.79 Å². The number of ether oxygens (including phenoxy) is 2. The normalized spacial score (nSPS) is 20.3. The Bertz CT molecular complexity index is 1140. The van der Waals surface area contributed by atoms with Crippen molar-refractivity contribution in [1.82, 2.24) is 5.32 Å². The predicted molar refractivity (Wildman–Crippen MR) is 128 cm³/mol. The number of esters is 1. The van der Waals surface area contributed by atoms with Gasteiger partial charge in [-0.1, -0.05) is 55.0 Å². The molecule has 5 nitrogen and oxygen atoms in total. The van der Waals surface area contributed by atoms with Crippen LogP contribution in [0.25, 0.3) is 0 Å². The van der Waals surface area contributed by atoms with Crippen LogP contribution < -0.4 is 10.1 Å². The van der Waals surface area contributed by atoms with E-state index in [0.717, 1.165) is 40.3 Å². The smallest absolute Gasteiger partial charge is 0.336 e. The summed E-state index contributed by atoms with van der Waals surface area (Å²) in [7, 11) is 1.65. The van der Waals surface area contributed by atoms with Gasteiger partial charge in [0, 0.05) is 35.2 Å². The van der Waals surface area contributed by atoms with E-state index in [1.54, 1.807) is 7.11 Å². The van der Waals surface area contributed by atoms with Crippen molar-refractivity contribution < 1.29 is 19.1 Å². The van der Waals surface area contributed by atoms with Crippen LogP contribution >= 0.6 is 0 Å². The summed E-state index contributed by atoms with van der Waals surface area (Å²) in [5.41, 5.74) is 5.90. The van der Waals surface area contributed by atoms with Crippen LogP contribution in [0.1, 0.15) is 61.6 Å². The second-order valence-electron chi connectivity index (χ2n) is 8.81. The summed E-state index contributed by atoms with van der Waals surface area (Å²) in [6.45, 7) is 6.24. The largest absolute Gasteiger partial charge is 0.496 e. The number of para-hydroxylation sites is 1. The molecule has 0 radical (unpaired) electrons. The van der Waals surface area contributed by atoms with Gasteiger partial charge in [0.25, 0.3) is 0 Å². The molecule has 1 N–H and O–H groups in total. The number of hydrogen-bond acceptors (Lipinski definition) is 5.